The van der Waals surface area contributed by atoms with Gasteiger partial charge in [0.05, 0.1) is 0 Å². The van der Waals surface area contributed by atoms with Gasteiger partial charge in [0.15, 0.2) is 0 Å². The maximum absolute atomic E-state index is 11.2. The van der Waals surface area contributed by atoms with Crippen LogP contribution >= 0.6 is 0 Å². The minimum absolute atomic E-state index is 0.199. The van der Waals surface area contributed by atoms with E-state index >= 15 is 0 Å². The molecule has 0 saturated heterocycles. The van der Waals surface area contributed by atoms with Crippen molar-refractivity contribution < 1.29 is 4.79 Å². The van der Waals surface area contributed by atoms with Gasteiger partial charge in [0.1, 0.15) is 5.54 Å². The van der Waals surface area contributed by atoms with Crippen molar-refractivity contribution in [3.8, 4) is 0 Å². The number of primary amides is 1. The Kier molecular flexibility index (Phi) is 2.42. The Hall–Kier alpha value is -0.570. The molecule has 0 spiro atoms. The first-order chi connectivity index (χ1) is 5.49. The molecular weight excluding hydrogens is 152 g/mol. The fourth-order valence-electron chi connectivity index (χ4n) is 1.89. The van der Waals surface area contributed by atoms with Crippen molar-refractivity contribution >= 4 is 5.91 Å². The minimum Gasteiger partial charge on any atom is -0.368 e. The standard InChI is InChI=1S/C9H18N2O/c1-6(2)11-9(8(10)12)5-4-7(9)3/h6-7,11H,4-5H2,1-3H3,(H2,10,12). The van der Waals surface area contributed by atoms with E-state index in [-0.39, 0.29) is 5.91 Å². The van der Waals surface area contributed by atoms with Crippen molar-refractivity contribution in [2.75, 3.05) is 0 Å². The molecule has 3 nitrogen and oxygen atoms in total. The van der Waals surface area contributed by atoms with E-state index in [1.165, 1.54) is 0 Å². The van der Waals surface area contributed by atoms with Gasteiger partial charge >= 0.3 is 0 Å². The first kappa shape index (κ1) is 9.52. The lowest BCUT2D eigenvalue weighted by molar-refractivity contribution is -0.131. The number of nitrogens with two attached hydrogens (primary N) is 1. The summed E-state index contributed by atoms with van der Waals surface area (Å²) in [7, 11) is 0. The largest absolute Gasteiger partial charge is 0.368 e. The van der Waals surface area contributed by atoms with Crippen molar-refractivity contribution in [3.63, 3.8) is 0 Å². The van der Waals surface area contributed by atoms with Gasteiger partial charge in [-0.2, -0.15) is 0 Å². The molecular formula is C9H18N2O. The predicted octanol–water partition coefficient (Wildman–Crippen LogP) is 0.638. The minimum atomic E-state index is -0.409. The topological polar surface area (TPSA) is 55.1 Å². The van der Waals surface area contributed by atoms with E-state index in [2.05, 4.69) is 12.2 Å². The first-order valence-electron chi connectivity index (χ1n) is 4.56. The summed E-state index contributed by atoms with van der Waals surface area (Å²) >= 11 is 0. The molecule has 0 radical (unpaired) electrons. The number of carbonyl (C=O) groups is 1. The lowest BCUT2D eigenvalue weighted by atomic mass is 9.66. The van der Waals surface area contributed by atoms with Crippen LogP contribution in [0.1, 0.15) is 33.6 Å². The van der Waals surface area contributed by atoms with Gasteiger partial charge in [-0.1, -0.05) is 6.92 Å². The molecule has 1 amide bonds. The SMILES string of the molecule is CC(C)NC1(C(N)=O)CCC1C. The fraction of sp³-hybridized carbons (Fsp3) is 0.889. The highest BCUT2D eigenvalue weighted by Gasteiger charge is 2.49. The van der Waals surface area contributed by atoms with Crippen LogP contribution in [0.25, 0.3) is 0 Å². The summed E-state index contributed by atoms with van der Waals surface area (Å²) in [4.78, 5) is 11.2. The Bertz CT molecular complexity index is 191. The third kappa shape index (κ3) is 1.33. The first-order valence-corrected chi connectivity index (χ1v) is 4.56. The van der Waals surface area contributed by atoms with Crippen LogP contribution < -0.4 is 11.1 Å². The highest BCUT2D eigenvalue weighted by Crippen LogP contribution is 2.38. The highest BCUT2D eigenvalue weighted by atomic mass is 16.1. The van der Waals surface area contributed by atoms with E-state index in [1.54, 1.807) is 0 Å². The average molecular weight is 170 g/mol. The number of nitrogens with one attached hydrogen (secondary N) is 1. The van der Waals surface area contributed by atoms with Crippen LogP contribution in [0.4, 0.5) is 0 Å². The summed E-state index contributed by atoms with van der Waals surface area (Å²) in [5.74, 6) is 0.187. The summed E-state index contributed by atoms with van der Waals surface area (Å²) < 4.78 is 0. The van der Waals surface area contributed by atoms with E-state index in [0.29, 0.717) is 12.0 Å². The van der Waals surface area contributed by atoms with Gasteiger partial charge in [0.2, 0.25) is 5.91 Å². The molecule has 0 heterocycles. The number of rotatable bonds is 3. The molecule has 1 fully saturated rings. The fourth-order valence-corrected chi connectivity index (χ4v) is 1.89. The van der Waals surface area contributed by atoms with E-state index in [1.807, 2.05) is 13.8 Å². The number of carbonyl (C=O) groups excluding carboxylic acids is 1. The van der Waals surface area contributed by atoms with Crippen LogP contribution in [0.15, 0.2) is 0 Å². The van der Waals surface area contributed by atoms with Crippen molar-refractivity contribution in [1.82, 2.24) is 5.32 Å². The molecule has 1 aliphatic carbocycles. The van der Waals surface area contributed by atoms with Crippen molar-refractivity contribution in [1.29, 1.82) is 0 Å². The summed E-state index contributed by atoms with van der Waals surface area (Å²) in [5.41, 5.74) is 4.96. The van der Waals surface area contributed by atoms with Gasteiger partial charge in [-0.3, -0.25) is 4.79 Å². The average Bonchev–Trinajstić information content (AvgIpc) is 1.96. The molecule has 3 heteroatoms. The van der Waals surface area contributed by atoms with Crippen LogP contribution in [0, 0.1) is 5.92 Å². The Balaban J connectivity index is 2.67. The third-order valence-corrected chi connectivity index (χ3v) is 2.80. The monoisotopic (exact) mass is 170 g/mol. The molecule has 0 aliphatic heterocycles. The lowest BCUT2D eigenvalue weighted by Crippen LogP contribution is -2.66. The molecule has 0 bridgehead atoms. The van der Waals surface area contributed by atoms with Crippen LogP contribution in [-0.4, -0.2) is 17.5 Å². The summed E-state index contributed by atoms with van der Waals surface area (Å²) in [6.45, 7) is 6.15. The van der Waals surface area contributed by atoms with Gasteiger partial charge in [0.25, 0.3) is 0 Å². The molecule has 3 N–H and O–H groups in total. The Labute approximate surface area is 73.7 Å². The zero-order chi connectivity index (χ0) is 9.35. The van der Waals surface area contributed by atoms with Gasteiger partial charge < -0.3 is 11.1 Å². The second kappa shape index (κ2) is 3.05. The Morgan fingerprint density at radius 1 is 1.67 bits per heavy atom. The Morgan fingerprint density at radius 3 is 2.33 bits per heavy atom. The van der Waals surface area contributed by atoms with Crippen LogP contribution in [0.2, 0.25) is 0 Å². The zero-order valence-corrected chi connectivity index (χ0v) is 8.05. The van der Waals surface area contributed by atoms with Crippen LogP contribution in [0.3, 0.4) is 0 Å². The van der Waals surface area contributed by atoms with E-state index in [4.69, 9.17) is 5.73 Å². The molecule has 0 aromatic carbocycles. The van der Waals surface area contributed by atoms with Gasteiger partial charge in [-0.15, -0.1) is 0 Å². The molecule has 2 unspecified atom stereocenters. The van der Waals surface area contributed by atoms with Crippen molar-refractivity contribution in [2.45, 2.75) is 45.2 Å². The maximum atomic E-state index is 11.2. The number of amides is 1. The molecule has 0 aromatic heterocycles. The van der Waals surface area contributed by atoms with E-state index in [0.717, 1.165) is 12.8 Å². The van der Waals surface area contributed by atoms with Crippen molar-refractivity contribution in [3.05, 3.63) is 0 Å². The van der Waals surface area contributed by atoms with Gasteiger partial charge in [0, 0.05) is 6.04 Å². The summed E-state index contributed by atoms with van der Waals surface area (Å²) in [6.07, 6.45) is 1.99. The Morgan fingerprint density at radius 2 is 2.25 bits per heavy atom. The molecule has 70 valence electrons. The third-order valence-electron chi connectivity index (χ3n) is 2.80. The number of hydrogen-bond acceptors (Lipinski definition) is 2. The van der Waals surface area contributed by atoms with Crippen molar-refractivity contribution in [2.24, 2.45) is 11.7 Å². The maximum Gasteiger partial charge on any atom is 0.238 e. The van der Waals surface area contributed by atoms with E-state index < -0.39 is 5.54 Å². The summed E-state index contributed by atoms with van der Waals surface area (Å²) in [5, 5.41) is 3.27. The second-order valence-corrected chi connectivity index (χ2v) is 4.07. The van der Waals surface area contributed by atoms with Gasteiger partial charge in [-0.25, -0.2) is 0 Å². The summed E-state index contributed by atoms with van der Waals surface area (Å²) in [6, 6.07) is 0.320. The number of hydrogen-bond donors (Lipinski definition) is 2. The molecule has 1 rings (SSSR count). The molecule has 2 atom stereocenters. The molecule has 12 heavy (non-hydrogen) atoms. The quantitative estimate of drug-likeness (QED) is 0.653. The van der Waals surface area contributed by atoms with E-state index in [9.17, 15) is 4.79 Å². The predicted molar refractivity (Wildman–Crippen MR) is 48.6 cm³/mol. The van der Waals surface area contributed by atoms with Crippen LogP contribution in [0.5, 0.6) is 0 Å². The molecule has 1 aliphatic rings. The lowest BCUT2D eigenvalue weighted by Gasteiger charge is -2.47. The molecule has 1 saturated carbocycles. The zero-order valence-electron chi connectivity index (χ0n) is 8.05. The molecule has 0 aromatic rings. The highest BCUT2D eigenvalue weighted by molar-refractivity contribution is 5.86. The normalized spacial score (nSPS) is 34.8. The van der Waals surface area contributed by atoms with Crippen LogP contribution in [-0.2, 0) is 4.79 Å². The van der Waals surface area contributed by atoms with Gasteiger partial charge in [-0.05, 0) is 32.6 Å². The second-order valence-electron chi connectivity index (χ2n) is 4.07. The smallest absolute Gasteiger partial charge is 0.238 e.